The van der Waals surface area contributed by atoms with Crippen molar-refractivity contribution < 1.29 is 8.42 Å². The molecule has 0 radical (unpaired) electrons. The van der Waals surface area contributed by atoms with Gasteiger partial charge in [-0.1, -0.05) is 13.8 Å². The van der Waals surface area contributed by atoms with Gasteiger partial charge < -0.3 is 5.32 Å². The van der Waals surface area contributed by atoms with E-state index >= 15 is 0 Å². The fourth-order valence-electron chi connectivity index (χ4n) is 1.62. The maximum Gasteiger partial charge on any atom is 0.257 e. The van der Waals surface area contributed by atoms with Gasteiger partial charge >= 0.3 is 0 Å². The fourth-order valence-corrected chi connectivity index (χ4v) is 3.32. The van der Waals surface area contributed by atoms with Gasteiger partial charge in [-0.3, -0.25) is 5.10 Å². The number of aromatic nitrogens is 2. The van der Waals surface area contributed by atoms with E-state index < -0.39 is 10.0 Å². The molecule has 0 bridgehead atoms. The lowest BCUT2D eigenvalue weighted by molar-refractivity contribution is 0.563. The highest BCUT2D eigenvalue weighted by Gasteiger charge is 2.20. The van der Waals surface area contributed by atoms with Crippen LogP contribution in [-0.2, 0) is 16.6 Å². The van der Waals surface area contributed by atoms with Crippen LogP contribution in [0.3, 0.4) is 0 Å². The molecule has 0 aliphatic rings. The molecule has 3 N–H and O–H groups in total. The number of unbranched alkanes of at least 4 members (excludes halogenated alkanes) is 1. The third-order valence-electron chi connectivity index (χ3n) is 2.71. The van der Waals surface area contributed by atoms with Crippen molar-refractivity contribution in [2.45, 2.75) is 44.3 Å². The Morgan fingerprint density at radius 3 is 2.80 bits per heavy atom. The molecule has 1 heterocycles. The highest BCUT2D eigenvalue weighted by Crippen LogP contribution is 2.12. The minimum atomic E-state index is -3.50. The van der Waals surface area contributed by atoms with E-state index in [1.54, 1.807) is 18.0 Å². The quantitative estimate of drug-likeness (QED) is 0.566. The molecule has 0 aromatic carbocycles. The van der Waals surface area contributed by atoms with Crippen molar-refractivity contribution in [1.82, 2.24) is 20.2 Å². The number of sulfonamides is 1. The molecule has 0 saturated heterocycles. The second-order valence-electron chi connectivity index (χ2n) is 4.86. The number of nitrogens with zero attached hydrogens (tertiary/aromatic N) is 1. The van der Waals surface area contributed by atoms with Crippen LogP contribution >= 0.6 is 11.8 Å². The van der Waals surface area contributed by atoms with Gasteiger partial charge in [-0.05, 0) is 24.9 Å². The Balaban J connectivity index is 2.56. The van der Waals surface area contributed by atoms with Crippen LogP contribution in [-0.4, -0.2) is 43.2 Å². The monoisotopic (exact) mass is 320 g/mol. The lowest BCUT2D eigenvalue weighted by Gasteiger charge is -2.09. The van der Waals surface area contributed by atoms with E-state index in [1.807, 2.05) is 20.1 Å². The number of nitrogens with one attached hydrogen (secondary N) is 3. The standard InChI is InChI=1S/C12H24N4O2S2/c1-10(2)13-8-11-9-14-16-12(11)20(17,18)15-6-4-5-7-19-3/h9-10,13,15H,4-8H2,1-3H3,(H,14,16). The Morgan fingerprint density at radius 1 is 1.40 bits per heavy atom. The van der Waals surface area contributed by atoms with E-state index in [-0.39, 0.29) is 5.03 Å². The maximum atomic E-state index is 12.2. The van der Waals surface area contributed by atoms with Gasteiger partial charge in [0.15, 0.2) is 5.03 Å². The Labute approximate surface area is 125 Å². The first kappa shape index (κ1) is 17.5. The van der Waals surface area contributed by atoms with Gasteiger partial charge in [0.05, 0.1) is 6.20 Å². The van der Waals surface area contributed by atoms with Crippen LogP contribution in [0.15, 0.2) is 11.2 Å². The third kappa shape index (κ3) is 5.82. The van der Waals surface area contributed by atoms with Crippen molar-refractivity contribution in [2.75, 3.05) is 18.6 Å². The Kier molecular flexibility index (Phi) is 7.57. The second kappa shape index (κ2) is 8.66. The van der Waals surface area contributed by atoms with Gasteiger partial charge in [-0.2, -0.15) is 16.9 Å². The minimum absolute atomic E-state index is 0.163. The Morgan fingerprint density at radius 2 is 2.15 bits per heavy atom. The number of rotatable bonds is 10. The van der Waals surface area contributed by atoms with Crippen LogP contribution in [0.5, 0.6) is 0 Å². The number of thioether (sulfide) groups is 1. The van der Waals surface area contributed by atoms with Gasteiger partial charge in [0, 0.05) is 24.7 Å². The van der Waals surface area contributed by atoms with E-state index in [0.717, 1.165) is 18.6 Å². The topological polar surface area (TPSA) is 86.9 Å². The first-order valence-electron chi connectivity index (χ1n) is 6.71. The van der Waals surface area contributed by atoms with Crippen molar-refractivity contribution >= 4 is 21.8 Å². The average molecular weight is 320 g/mol. The van der Waals surface area contributed by atoms with E-state index in [1.165, 1.54) is 0 Å². The van der Waals surface area contributed by atoms with Crippen molar-refractivity contribution in [3.63, 3.8) is 0 Å². The SMILES string of the molecule is CSCCCCNS(=O)(=O)c1[nH]ncc1CNC(C)C. The smallest absolute Gasteiger partial charge is 0.257 e. The van der Waals surface area contributed by atoms with Crippen LogP contribution < -0.4 is 10.0 Å². The summed E-state index contributed by atoms with van der Waals surface area (Å²) in [6, 6.07) is 0.292. The van der Waals surface area contributed by atoms with Gasteiger partial charge in [0.1, 0.15) is 0 Å². The van der Waals surface area contributed by atoms with Gasteiger partial charge in [-0.15, -0.1) is 0 Å². The lowest BCUT2D eigenvalue weighted by Crippen LogP contribution is -2.28. The van der Waals surface area contributed by atoms with Crippen molar-refractivity contribution in [3.8, 4) is 0 Å². The number of hydrogen-bond donors (Lipinski definition) is 3. The normalized spacial score (nSPS) is 12.2. The molecule has 0 unspecified atom stereocenters. The summed E-state index contributed by atoms with van der Waals surface area (Å²) < 4.78 is 27.0. The van der Waals surface area contributed by atoms with Crippen LogP contribution in [0, 0.1) is 0 Å². The lowest BCUT2D eigenvalue weighted by atomic mass is 10.3. The van der Waals surface area contributed by atoms with E-state index in [0.29, 0.717) is 24.7 Å². The van der Waals surface area contributed by atoms with Crippen molar-refractivity contribution in [3.05, 3.63) is 11.8 Å². The average Bonchev–Trinajstić information content (AvgIpc) is 2.85. The molecule has 1 aromatic rings. The molecule has 0 atom stereocenters. The molecule has 0 aliphatic heterocycles. The highest BCUT2D eigenvalue weighted by atomic mass is 32.2. The predicted molar refractivity (Wildman–Crippen MR) is 83.4 cm³/mol. The molecular weight excluding hydrogens is 296 g/mol. The molecule has 1 rings (SSSR count). The summed E-state index contributed by atoms with van der Waals surface area (Å²) in [4.78, 5) is 0. The van der Waals surface area contributed by atoms with Crippen molar-refractivity contribution in [2.24, 2.45) is 0 Å². The summed E-state index contributed by atoms with van der Waals surface area (Å²) in [5.74, 6) is 1.05. The molecule has 6 nitrogen and oxygen atoms in total. The zero-order chi connectivity index (χ0) is 15.0. The summed E-state index contributed by atoms with van der Waals surface area (Å²) in [7, 11) is -3.50. The molecule has 0 spiro atoms. The largest absolute Gasteiger partial charge is 0.310 e. The molecule has 0 saturated carbocycles. The van der Waals surface area contributed by atoms with E-state index in [4.69, 9.17) is 0 Å². The molecule has 1 aromatic heterocycles. The highest BCUT2D eigenvalue weighted by molar-refractivity contribution is 7.98. The van der Waals surface area contributed by atoms with E-state index in [2.05, 4.69) is 20.2 Å². The summed E-state index contributed by atoms with van der Waals surface area (Å²) in [5, 5.41) is 9.77. The summed E-state index contributed by atoms with van der Waals surface area (Å²) in [6.45, 7) is 4.96. The van der Waals surface area contributed by atoms with Crippen LogP contribution in [0.2, 0.25) is 0 Å². The van der Waals surface area contributed by atoms with Gasteiger partial charge in [0.2, 0.25) is 0 Å². The van der Waals surface area contributed by atoms with Crippen LogP contribution in [0.25, 0.3) is 0 Å². The molecule has 0 amide bonds. The second-order valence-corrected chi connectivity index (χ2v) is 7.55. The maximum absolute atomic E-state index is 12.2. The molecular formula is C12H24N4O2S2. The van der Waals surface area contributed by atoms with Crippen LogP contribution in [0.4, 0.5) is 0 Å². The molecule has 116 valence electrons. The molecule has 0 fully saturated rings. The third-order valence-corrected chi connectivity index (χ3v) is 4.89. The van der Waals surface area contributed by atoms with E-state index in [9.17, 15) is 8.42 Å². The molecule has 20 heavy (non-hydrogen) atoms. The Bertz CT molecular complexity index is 485. The molecule has 0 aliphatic carbocycles. The zero-order valence-electron chi connectivity index (χ0n) is 12.3. The number of H-pyrrole nitrogens is 1. The summed E-state index contributed by atoms with van der Waals surface area (Å²) in [5.41, 5.74) is 0.662. The number of hydrogen-bond acceptors (Lipinski definition) is 5. The van der Waals surface area contributed by atoms with Crippen LogP contribution in [0.1, 0.15) is 32.3 Å². The zero-order valence-corrected chi connectivity index (χ0v) is 13.9. The number of aromatic amines is 1. The van der Waals surface area contributed by atoms with Crippen molar-refractivity contribution in [1.29, 1.82) is 0 Å². The summed E-state index contributed by atoms with van der Waals surface area (Å²) >= 11 is 1.77. The Hall–Kier alpha value is -0.570. The van der Waals surface area contributed by atoms with Gasteiger partial charge in [0.25, 0.3) is 10.0 Å². The summed E-state index contributed by atoms with van der Waals surface area (Å²) in [6.07, 6.45) is 5.45. The fraction of sp³-hybridized carbons (Fsp3) is 0.750. The molecule has 8 heteroatoms. The predicted octanol–water partition coefficient (Wildman–Crippen LogP) is 1.33. The minimum Gasteiger partial charge on any atom is -0.310 e. The first-order valence-corrected chi connectivity index (χ1v) is 9.59. The first-order chi connectivity index (χ1) is 9.47. The van der Waals surface area contributed by atoms with Gasteiger partial charge in [-0.25, -0.2) is 13.1 Å².